The third-order valence-corrected chi connectivity index (χ3v) is 8.26. The van der Waals surface area contributed by atoms with Crippen molar-refractivity contribution < 1.29 is 14.3 Å². The minimum atomic E-state index is -0.203. The standard InChI is InChI=1S/C35H32Cl2N4O3/c1-40-19-31(29-15-5-3-9-23(29)21-43-27-13-7-11-25(36)17-27)38-34(40)33(42)35-39-32(20-41(35)2)30-16-6-4-10-24(30)22-44-28-14-8-12-26(37)18-28/h3-18,31-32H,19-22H2,1-2H3. The normalized spacial score (nSPS) is 17.8. The van der Waals surface area contributed by atoms with Crippen LogP contribution in [0.1, 0.15) is 34.3 Å². The number of rotatable bonds is 10. The molecular weight excluding hydrogens is 595 g/mol. The minimum Gasteiger partial charge on any atom is -0.489 e. The van der Waals surface area contributed by atoms with E-state index in [1.807, 2.05) is 109 Å². The van der Waals surface area contributed by atoms with Gasteiger partial charge in [-0.25, -0.2) is 0 Å². The van der Waals surface area contributed by atoms with Gasteiger partial charge in [0.1, 0.15) is 24.7 Å². The van der Waals surface area contributed by atoms with E-state index in [-0.39, 0.29) is 17.9 Å². The molecular formula is C35H32Cl2N4O3. The monoisotopic (exact) mass is 626 g/mol. The number of Topliss-reactive ketones (excluding diaryl/α,β-unsaturated/α-hetero) is 1. The fourth-order valence-electron chi connectivity index (χ4n) is 5.58. The second kappa shape index (κ2) is 13.1. The van der Waals surface area contributed by atoms with Crippen molar-refractivity contribution in [3.63, 3.8) is 0 Å². The van der Waals surface area contributed by atoms with Crippen molar-refractivity contribution in [3.05, 3.63) is 129 Å². The van der Waals surface area contributed by atoms with Crippen LogP contribution in [-0.4, -0.2) is 54.4 Å². The average Bonchev–Trinajstić information content (AvgIpc) is 3.61. The first kappa shape index (κ1) is 29.7. The van der Waals surface area contributed by atoms with E-state index < -0.39 is 0 Å². The lowest BCUT2D eigenvalue weighted by Gasteiger charge is -2.18. The van der Waals surface area contributed by atoms with Crippen molar-refractivity contribution in [2.45, 2.75) is 25.3 Å². The summed E-state index contributed by atoms with van der Waals surface area (Å²) >= 11 is 12.2. The maximum atomic E-state index is 13.9. The van der Waals surface area contributed by atoms with Gasteiger partial charge in [-0.3, -0.25) is 14.8 Å². The molecule has 0 aliphatic carbocycles. The lowest BCUT2D eigenvalue weighted by Crippen LogP contribution is -2.40. The third kappa shape index (κ3) is 6.59. The van der Waals surface area contributed by atoms with Crippen molar-refractivity contribution in [3.8, 4) is 11.5 Å². The number of amidine groups is 2. The van der Waals surface area contributed by atoms with Gasteiger partial charge in [0.25, 0.3) is 5.78 Å². The number of ketones is 1. The van der Waals surface area contributed by atoms with E-state index in [0.717, 1.165) is 22.3 Å². The van der Waals surface area contributed by atoms with Gasteiger partial charge < -0.3 is 19.3 Å². The first-order chi connectivity index (χ1) is 21.4. The Hall–Kier alpha value is -4.33. The molecule has 0 fully saturated rings. The summed E-state index contributed by atoms with van der Waals surface area (Å²) in [4.78, 5) is 27.5. The van der Waals surface area contributed by atoms with E-state index in [2.05, 4.69) is 0 Å². The van der Waals surface area contributed by atoms with Gasteiger partial charge in [0.05, 0.1) is 12.1 Å². The Labute approximate surface area is 267 Å². The number of nitrogens with zero attached hydrogens (tertiary/aromatic N) is 4. The number of benzene rings is 4. The second-order valence-electron chi connectivity index (χ2n) is 10.9. The molecule has 0 bridgehead atoms. The highest BCUT2D eigenvalue weighted by molar-refractivity contribution is 6.65. The molecule has 2 unspecified atom stereocenters. The van der Waals surface area contributed by atoms with Crippen molar-refractivity contribution in [2.24, 2.45) is 9.98 Å². The van der Waals surface area contributed by atoms with E-state index >= 15 is 0 Å². The van der Waals surface area contributed by atoms with Gasteiger partial charge in [0.15, 0.2) is 11.7 Å². The molecule has 0 amide bonds. The molecule has 2 aliphatic rings. The number of carbonyl (C=O) groups is 1. The molecule has 9 heteroatoms. The molecule has 0 saturated carbocycles. The van der Waals surface area contributed by atoms with Gasteiger partial charge in [0.2, 0.25) is 0 Å². The van der Waals surface area contributed by atoms with Crippen molar-refractivity contribution in [2.75, 3.05) is 27.2 Å². The number of aliphatic imine (C=N–C) groups is 2. The molecule has 44 heavy (non-hydrogen) atoms. The summed E-state index contributed by atoms with van der Waals surface area (Å²) in [5.41, 5.74) is 4.07. The maximum absolute atomic E-state index is 13.9. The van der Waals surface area contributed by atoms with Crippen LogP contribution in [0.25, 0.3) is 0 Å². The predicted molar refractivity (Wildman–Crippen MR) is 175 cm³/mol. The van der Waals surface area contributed by atoms with E-state index in [1.165, 1.54) is 0 Å². The highest BCUT2D eigenvalue weighted by Crippen LogP contribution is 2.31. The van der Waals surface area contributed by atoms with Crippen LogP contribution >= 0.6 is 23.2 Å². The summed E-state index contributed by atoms with van der Waals surface area (Å²) in [7, 11) is 3.80. The first-order valence-corrected chi connectivity index (χ1v) is 15.2. The fourth-order valence-corrected chi connectivity index (χ4v) is 5.94. The van der Waals surface area contributed by atoms with Gasteiger partial charge in [-0.05, 0) is 58.7 Å². The number of halogens is 2. The Balaban J connectivity index is 1.19. The van der Waals surface area contributed by atoms with Crippen LogP contribution in [0.4, 0.5) is 0 Å². The highest BCUT2D eigenvalue weighted by atomic mass is 35.5. The molecule has 4 aromatic rings. The number of likely N-dealkylation sites (N-methyl/N-ethyl adjacent to an activating group) is 2. The molecule has 2 heterocycles. The van der Waals surface area contributed by atoms with Gasteiger partial charge in [-0.15, -0.1) is 0 Å². The number of hydrogen-bond acceptors (Lipinski definition) is 7. The van der Waals surface area contributed by atoms with Crippen LogP contribution in [-0.2, 0) is 18.0 Å². The molecule has 7 nitrogen and oxygen atoms in total. The molecule has 0 aromatic heterocycles. The Morgan fingerprint density at radius 3 is 1.55 bits per heavy atom. The molecule has 6 rings (SSSR count). The molecule has 2 atom stereocenters. The molecule has 224 valence electrons. The Bertz CT molecular complexity index is 1620. The molecule has 0 spiro atoms. The van der Waals surface area contributed by atoms with Crippen LogP contribution in [0.15, 0.2) is 107 Å². The quantitative estimate of drug-likeness (QED) is 0.186. The van der Waals surface area contributed by atoms with Crippen LogP contribution in [0, 0.1) is 0 Å². The topological polar surface area (TPSA) is 66.7 Å². The lowest BCUT2D eigenvalue weighted by atomic mass is 10.0. The summed E-state index contributed by atoms with van der Waals surface area (Å²) in [6.07, 6.45) is 0. The molecule has 0 saturated heterocycles. The zero-order chi connectivity index (χ0) is 30.6. The largest absolute Gasteiger partial charge is 0.489 e. The summed E-state index contributed by atoms with van der Waals surface area (Å²) in [6, 6.07) is 30.4. The highest BCUT2D eigenvalue weighted by Gasteiger charge is 2.36. The molecule has 0 N–H and O–H groups in total. The first-order valence-electron chi connectivity index (χ1n) is 14.4. The van der Waals surface area contributed by atoms with Gasteiger partial charge in [0, 0.05) is 37.2 Å². The van der Waals surface area contributed by atoms with Gasteiger partial charge in [-0.2, -0.15) is 0 Å². The smallest absolute Gasteiger partial charge is 0.262 e. The van der Waals surface area contributed by atoms with Crippen LogP contribution in [0.5, 0.6) is 11.5 Å². The van der Waals surface area contributed by atoms with Crippen molar-refractivity contribution in [1.82, 2.24) is 9.80 Å². The predicted octanol–water partition coefficient (Wildman–Crippen LogP) is 7.19. The van der Waals surface area contributed by atoms with Crippen LogP contribution in [0.2, 0.25) is 10.0 Å². The minimum absolute atomic E-state index is 0.180. The number of carbonyl (C=O) groups excluding carboxylic acids is 1. The lowest BCUT2D eigenvalue weighted by molar-refractivity contribution is -0.108. The second-order valence-corrected chi connectivity index (χ2v) is 11.8. The van der Waals surface area contributed by atoms with E-state index in [4.69, 9.17) is 42.7 Å². The Morgan fingerprint density at radius 1 is 0.682 bits per heavy atom. The Kier molecular flexibility index (Phi) is 8.87. The zero-order valence-electron chi connectivity index (χ0n) is 24.5. The van der Waals surface area contributed by atoms with Crippen LogP contribution < -0.4 is 9.47 Å². The van der Waals surface area contributed by atoms with Gasteiger partial charge in [-0.1, -0.05) is 83.9 Å². The average molecular weight is 628 g/mol. The SMILES string of the molecule is CN1CC(c2ccccc2COc2cccc(Cl)c2)N=C1C(=O)C1=NC(c2ccccc2COc2cccc(Cl)c2)CN1C. The summed E-state index contributed by atoms with van der Waals surface area (Å²) in [5.74, 6) is 2.03. The maximum Gasteiger partial charge on any atom is 0.262 e. The van der Waals surface area contributed by atoms with Crippen LogP contribution in [0.3, 0.4) is 0 Å². The van der Waals surface area contributed by atoms with E-state index in [9.17, 15) is 4.79 Å². The van der Waals surface area contributed by atoms with Gasteiger partial charge >= 0.3 is 0 Å². The summed E-state index contributed by atoms with van der Waals surface area (Å²) in [5, 5.41) is 1.25. The summed E-state index contributed by atoms with van der Waals surface area (Å²) in [6.45, 7) is 1.90. The van der Waals surface area contributed by atoms with E-state index in [1.54, 1.807) is 12.1 Å². The summed E-state index contributed by atoms with van der Waals surface area (Å²) < 4.78 is 12.1. The number of hydrogen-bond donors (Lipinski definition) is 0. The molecule has 2 aliphatic heterocycles. The van der Waals surface area contributed by atoms with Crippen molar-refractivity contribution in [1.29, 1.82) is 0 Å². The molecule has 0 radical (unpaired) electrons. The fraction of sp³-hybridized carbons (Fsp3) is 0.229. The third-order valence-electron chi connectivity index (χ3n) is 7.79. The molecule has 4 aromatic carbocycles. The van der Waals surface area contributed by atoms with Crippen molar-refractivity contribution >= 4 is 40.7 Å². The van der Waals surface area contributed by atoms with E-state index in [0.29, 0.717) is 59.5 Å². The Morgan fingerprint density at radius 2 is 1.11 bits per heavy atom. The number of ether oxygens (including phenoxy) is 2. The zero-order valence-corrected chi connectivity index (χ0v) is 26.0.